The molecule has 108 valence electrons. The maximum atomic E-state index is 12.3. The number of cyclic esters (lactones) is 1. The summed E-state index contributed by atoms with van der Waals surface area (Å²) in [5.41, 5.74) is 0.408. The van der Waals surface area contributed by atoms with Gasteiger partial charge in [0.25, 0.3) is 0 Å². The number of hydrogen-bond acceptors (Lipinski definition) is 5. The normalized spacial score (nSPS) is 17.6. The molecule has 1 saturated heterocycles. The van der Waals surface area contributed by atoms with E-state index in [-0.39, 0.29) is 0 Å². The van der Waals surface area contributed by atoms with E-state index in [4.69, 9.17) is 14.2 Å². The summed E-state index contributed by atoms with van der Waals surface area (Å²) in [6.45, 7) is 0.292. The number of benzene rings is 2. The summed E-state index contributed by atoms with van der Waals surface area (Å²) in [4.78, 5) is 23.7. The smallest absolute Gasteiger partial charge is 0.347 e. The van der Waals surface area contributed by atoms with Crippen LogP contribution < -0.4 is 4.74 Å². The van der Waals surface area contributed by atoms with E-state index in [1.807, 2.05) is 24.3 Å². The Morgan fingerprint density at radius 2 is 1.95 bits per heavy atom. The van der Waals surface area contributed by atoms with Crippen molar-refractivity contribution in [2.75, 3.05) is 13.7 Å². The third-order valence-corrected chi connectivity index (χ3v) is 3.46. The molecule has 1 fully saturated rings. The molecule has 21 heavy (non-hydrogen) atoms. The monoisotopic (exact) mass is 286 g/mol. The Labute approximate surface area is 121 Å². The highest BCUT2D eigenvalue weighted by atomic mass is 16.6. The fraction of sp³-hybridized carbons (Fsp3) is 0.250. The van der Waals surface area contributed by atoms with E-state index in [0.717, 1.165) is 10.8 Å². The second kappa shape index (κ2) is 5.44. The highest BCUT2D eigenvalue weighted by Gasteiger charge is 2.31. The number of rotatable bonds is 3. The van der Waals surface area contributed by atoms with Gasteiger partial charge in [-0.15, -0.1) is 0 Å². The molecule has 5 nitrogen and oxygen atoms in total. The first-order valence-corrected chi connectivity index (χ1v) is 6.64. The number of fused-ring (bicyclic) bond motifs is 1. The van der Waals surface area contributed by atoms with Crippen molar-refractivity contribution >= 4 is 22.7 Å². The molecule has 3 rings (SSSR count). The summed E-state index contributed by atoms with van der Waals surface area (Å²) >= 11 is 0. The van der Waals surface area contributed by atoms with Gasteiger partial charge in [0.05, 0.1) is 19.3 Å². The summed E-state index contributed by atoms with van der Waals surface area (Å²) in [7, 11) is 1.58. The summed E-state index contributed by atoms with van der Waals surface area (Å²) < 4.78 is 15.3. The second-order valence-electron chi connectivity index (χ2n) is 4.71. The molecule has 0 spiro atoms. The number of carbonyl (C=O) groups excluding carboxylic acids is 2. The number of ether oxygens (including phenoxy) is 3. The molecule has 0 aliphatic carbocycles. The first kappa shape index (κ1) is 13.4. The van der Waals surface area contributed by atoms with Crippen LogP contribution in [-0.2, 0) is 14.3 Å². The zero-order chi connectivity index (χ0) is 14.8. The first-order valence-electron chi connectivity index (χ1n) is 6.64. The maximum Gasteiger partial charge on any atom is 0.347 e. The first-order chi connectivity index (χ1) is 10.2. The highest BCUT2D eigenvalue weighted by molar-refractivity contribution is 6.06. The zero-order valence-electron chi connectivity index (χ0n) is 11.5. The van der Waals surface area contributed by atoms with E-state index in [0.29, 0.717) is 24.3 Å². The molecule has 0 N–H and O–H groups in total. The van der Waals surface area contributed by atoms with Gasteiger partial charge in [0, 0.05) is 11.8 Å². The lowest BCUT2D eigenvalue weighted by molar-refractivity contribution is -0.145. The topological polar surface area (TPSA) is 61.8 Å². The summed E-state index contributed by atoms with van der Waals surface area (Å²) in [5, 5.41) is 1.55. The molecule has 0 bridgehead atoms. The molecule has 1 aliphatic heterocycles. The zero-order valence-corrected chi connectivity index (χ0v) is 11.5. The molecule has 1 heterocycles. The average molecular weight is 286 g/mol. The molecule has 2 aromatic rings. The largest absolute Gasteiger partial charge is 0.496 e. The van der Waals surface area contributed by atoms with Gasteiger partial charge in [0.2, 0.25) is 6.10 Å². The number of methoxy groups -OCH3 is 1. The van der Waals surface area contributed by atoms with Crippen LogP contribution in [0.15, 0.2) is 36.4 Å². The number of esters is 2. The van der Waals surface area contributed by atoms with E-state index < -0.39 is 18.0 Å². The fourth-order valence-corrected chi connectivity index (χ4v) is 2.40. The Morgan fingerprint density at radius 3 is 2.62 bits per heavy atom. The van der Waals surface area contributed by atoms with Crippen LogP contribution in [-0.4, -0.2) is 31.8 Å². The summed E-state index contributed by atoms with van der Waals surface area (Å²) in [6.07, 6.45) is -0.406. The highest BCUT2D eigenvalue weighted by Crippen LogP contribution is 2.29. The minimum atomic E-state index is -0.807. The Balaban J connectivity index is 1.96. The predicted molar refractivity (Wildman–Crippen MR) is 75.3 cm³/mol. The third-order valence-electron chi connectivity index (χ3n) is 3.46. The van der Waals surface area contributed by atoms with Gasteiger partial charge in [-0.05, 0) is 17.5 Å². The SMILES string of the molecule is COc1ccc(C(=O)O[C@H]2CCOC2=O)c2ccccc12. The van der Waals surface area contributed by atoms with Crippen molar-refractivity contribution in [3.63, 3.8) is 0 Å². The molecule has 0 amide bonds. The molecule has 5 heteroatoms. The van der Waals surface area contributed by atoms with E-state index in [1.54, 1.807) is 19.2 Å². The van der Waals surface area contributed by atoms with E-state index >= 15 is 0 Å². The molecule has 0 saturated carbocycles. The predicted octanol–water partition coefficient (Wildman–Crippen LogP) is 2.32. The summed E-state index contributed by atoms with van der Waals surface area (Å²) in [5.74, 6) is -0.332. The molecule has 0 aromatic heterocycles. The van der Waals surface area contributed by atoms with Gasteiger partial charge in [-0.3, -0.25) is 0 Å². The van der Waals surface area contributed by atoms with Crippen LogP contribution in [0.3, 0.4) is 0 Å². The molecule has 1 aliphatic rings. The van der Waals surface area contributed by atoms with Crippen LogP contribution in [0.4, 0.5) is 0 Å². The summed E-state index contributed by atoms with van der Waals surface area (Å²) in [6, 6.07) is 10.8. The van der Waals surface area contributed by atoms with Crippen molar-refractivity contribution in [1.82, 2.24) is 0 Å². The Bertz CT molecular complexity index is 707. The van der Waals surface area contributed by atoms with Crippen LogP contribution >= 0.6 is 0 Å². The lowest BCUT2D eigenvalue weighted by Crippen LogP contribution is -2.22. The standard InChI is InChI=1S/C16H14O5/c1-19-13-7-6-12(10-4-2-3-5-11(10)13)15(17)21-14-8-9-20-16(14)18/h2-7,14H,8-9H2,1H3/t14-/m0/s1. The van der Waals surface area contributed by atoms with Crippen LogP contribution in [0.1, 0.15) is 16.8 Å². The van der Waals surface area contributed by atoms with Crippen LogP contribution in [0, 0.1) is 0 Å². The number of carbonyl (C=O) groups is 2. The third kappa shape index (κ3) is 2.42. The van der Waals surface area contributed by atoms with Gasteiger partial charge in [-0.1, -0.05) is 24.3 Å². The lowest BCUT2D eigenvalue weighted by Gasteiger charge is -2.12. The van der Waals surface area contributed by atoms with Gasteiger partial charge < -0.3 is 14.2 Å². The van der Waals surface area contributed by atoms with Crippen molar-refractivity contribution in [3.8, 4) is 5.75 Å². The molecule has 0 unspecified atom stereocenters. The molecular formula is C16H14O5. The Kier molecular flexibility index (Phi) is 3.48. The van der Waals surface area contributed by atoms with Gasteiger partial charge in [-0.25, -0.2) is 9.59 Å². The second-order valence-corrected chi connectivity index (χ2v) is 4.71. The molecule has 0 radical (unpaired) electrons. The maximum absolute atomic E-state index is 12.3. The van der Waals surface area contributed by atoms with Crippen LogP contribution in [0.5, 0.6) is 5.75 Å². The van der Waals surface area contributed by atoms with Gasteiger partial charge in [0.15, 0.2) is 0 Å². The van der Waals surface area contributed by atoms with E-state index in [2.05, 4.69) is 0 Å². The van der Waals surface area contributed by atoms with Crippen molar-refractivity contribution in [2.24, 2.45) is 0 Å². The Hall–Kier alpha value is -2.56. The molecular weight excluding hydrogens is 272 g/mol. The van der Waals surface area contributed by atoms with Gasteiger partial charge >= 0.3 is 11.9 Å². The molecule has 1 atom stereocenters. The van der Waals surface area contributed by atoms with Crippen molar-refractivity contribution in [3.05, 3.63) is 42.0 Å². The van der Waals surface area contributed by atoms with Crippen LogP contribution in [0.2, 0.25) is 0 Å². The van der Waals surface area contributed by atoms with Crippen molar-refractivity contribution < 1.29 is 23.8 Å². The number of hydrogen-bond donors (Lipinski definition) is 0. The van der Waals surface area contributed by atoms with Gasteiger partial charge in [-0.2, -0.15) is 0 Å². The van der Waals surface area contributed by atoms with E-state index in [1.165, 1.54) is 0 Å². The van der Waals surface area contributed by atoms with Crippen molar-refractivity contribution in [1.29, 1.82) is 0 Å². The Morgan fingerprint density at radius 1 is 1.19 bits per heavy atom. The van der Waals surface area contributed by atoms with Crippen molar-refractivity contribution in [2.45, 2.75) is 12.5 Å². The van der Waals surface area contributed by atoms with Crippen LogP contribution in [0.25, 0.3) is 10.8 Å². The lowest BCUT2D eigenvalue weighted by atomic mass is 10.0. The van der Waals surface area contributed by atoms with Gasteiger partial charge in [0.1, 0.15) is 5.75 Å². The minimum absolute atomic E-state index is 0.292. The average Bonchev–Trinajstić information content (AvgIpc) is 2.91. The fourth-order valence-electron chi connectivity index (χ4n) is 2.40. The minimum Gasteiger partial charge on any atom is -0.496 e. The molecule has 2 aromatic carbocycles. The van der Waals surface area contributed by atoms with E-state index in [9.17, 15) is 9.59 Å². The quantitative estimate of drug-likeness (QED) is 0.810.